The normalized spacial score (nSPS) is 10.7. The first-order valence-electron chi connectivity index (χ1n) is 8.93. The monoisotopic (exact) mass is 366 g/mol. The van der Waals surface area contributed by atoms with Gasteiger partial charge in [-0.1, -0.05) is 36.4 Å². The van der Waals surface area contributed by atoms with Crippen molar-refractivity contribution in [1.29, 1.82) is 0 Å². The average Bonchev–Trinajstić information content (AvgIpc) is 2.76. The van der Waals surface area contributed by atoms with E-state index in [1.54, 1.807) is 0 Å². The molecule has 4 aromatic carbocycles. The zero-order chi connectivity index (χ0) is 19.0. The number of rotatable bonds is 6. The highest BCUT2D eigenvalue weighted by atomic mass is 16.5. The van der Waals surface area contributed by atoms with Crippen molar-refractivity contribution in [2.24, 2.45) is 10.2 Å². The lowest BCUT2D eigenvalue weighted by Gasteiger charge is -2.05. The molecule has 0 saturated heterocycles. The molecule has 4 aromatic rings. The van der Waals surface area contributed by atoms with E-state index in [-0.39, 0.29) is 0 Å². The van der Waals surface area contributed by atoms with E-state index in [0.29, 0.717) is 0 Å². The third-order valence-corrected chi connectivity index (χ3v) is 3.91. The van der Waals surface area contributed by atoms with Crippen LogP contribution in [0, 0.1) is 0 Å². The van der Waals surface area contributed by atoms with Crippen molar-refractivity contribution in [1.82, 2.24) is 0 Å². The molecule has 28 heavy (non-hydrogen) atoms. The summed E-state index contributed by atoms with van der Waals surface area (Å²) < 4.78 is 11.5. The Morgan fingerprint density at radius 2 is 0.679 bits per heavy atom. The van der Waals surface area contributed by atoms with Gasteiger partial charge < -0.3 is 9.47 Å². The Balaban J connectivity index is 1.37. The fourth-order valence-electron chi connectivity index (χ4n) is 2.53. The van der Waals surface area contributed by atoms with Crippen molar-refractivity contribution in [3.63, 3.8) is 0 Å². The van der Waals surface area contributed by atoms with Gasteiger partial charge in [0.2, 0.25) is 0 Å². The highest BCUT2D eigenvalue weighted by Crippen LogP contribution is 2.27. The zero-order valence-electron chi connectivity index (χ0n) is 15.1. The maximum atomic E-state index is 5.77. The van der Waals surface area contributed by atoms with E-state index in [1.165, 1.54) is 0 Å². The van der Waals surface area contributed by atoms with E-state index in [4.69, 9.17) is 9.47 Å². The van der Waals surface area contributed by atoms with E-state index in [0.717, 1.165) is 34.4 Å². The Morgan fingerprint density at radius 3 is 1.04 bits per heavy atom. The number of hydrogen-bond acceptors (Lipinski definition) is 4. The highest BCUT2D eigenvalue weighted by Gasteiger charge is 1.99. The number of nitrogens with zero attached hydrogens (tertiary/aromatic N) is 2. The standard InChI is InChI=1S/C24H18N2O2/c1-3-7-21(8-4-1)27-23-15-11-19(12-16-23)25-26-20-13-17-24(18-14-20)28-22-9-5-2-6-10-22/h1-18H/b26-25+. The zero-order valence-corrected chi connectivity index (χ0v) is 15.1. The molecule has 0 radical (unpaired) electrons. The molecule has 4 rings (SSSR count). The van der Waals surface area contributed by atoms with Gasteiger partial charge >= 0.3 is 0 Å². The smallest absolute Gasteiger partial charge is 0.127 e. The summed E-state index contributed by atoms with van der Waals surface area (Å²) in [5.74, 6) is 3.12. The minimum absolute atomic E-state index is 0.755. The molecule has 0 spiro atoms. The molecule has 0 saturated carbocycles. The number of ether oxygens (including phenoxy) is 2. The van der Waals surface area contributed by atoms with E-state index >= 15 is 0 Å². The Bertz CT molecular complexity index is 942. The van der Waals surface area contributed by atoms with Crippen LogP contribution in [0.2, 0.25) is 0 Å². The minimum atomic E-state index is 0.755. The second kappa shape index (κ2) is 8.64. The predicted octanol–water partition coefficient (Wildman–Crippen LogP) is 7.69. The van der Waals surface area contributed by atoms with Crippen molar-refractivity contribution in [2.45, 2.75) is 0 Å². The first kappa shape index (κ1) is 17.5. The Labute approximate surface area is 163 Å². The number of hydrogen-bond donors (Lipinski definition) is 0. The molecule has 0 unspecified atom stereocenters. The van der Waals surface area contributed by atoms with Gasteiger partial charge in [-0.05, 0) is 72.8 Å². The van der Waals surface area contributed by atoms with E-state index in [2.05, 4.69) is 10.2 Å². The van der Waals surface area contributed by atoms with Crippen LogP contribution in [0.3, 0.4) is 0 Å². The number of para-hydroxylation sites is 2. The summed E-state index contributed by atoms with van der Waals surface area (Å²) in [6, 6.07) is 34.3. The molecule has 0 aromatic heterocycles. The molecule has 0 fully saturated rings. The topological polar surface area (TPSA) is 43.2 Å². The molecule has 0 aliphatic rings. The van der Waals surface area contributed by atoms with Crippen LogP contribution in [0.1, 0.15) is 0 Å². The average molecular weight is 366 g/mol. The van der Waals surface area contributed by atoms with Crippen LogP contribution in [0.4, 0.5) is 11.4 Å². The fraction of sp³-hybridized carbons (Fsp3) is 0. The number of benzene rings is 4. The highest BCUT2D eigenvalue weighted by molar-refractivity contribution is 5.45. The Morgan fingerprint density at radius 1 is 0.357 bits per heavy atom. The molecule has 0 aliphatic heterocycles. The molecule has 136 valence electrons. The van der Waals surface area contributed by atoms with Crippen LogP contribution in [-0.2, 0) is 0 Å². The van der Waals surface area contributed by atoms with Gasteiger partial charge in [0, 0.05) is 0 Å². The molecule has 0 bridgehead atoms. The molecular weight excluding hydrogens is 348 g/mol. The van der Waals surface area contributed by atoms with Crippen molar-refractivity contribution >= 4 is 11.4 Å². The lowest BCUT2D eigenvalue weighted by molar-refractivity contribution is 0.482. The summed E-state index contributed by atoms with van der Waals surface area (Å²) in [5, 5.41) is 8.53. The molecule has 0 aliphatic carbocycles. The first-order chi connectivity index (χ1) is 13.8. The van der Waals surface area contributed by atoms with Gasteiger partial charge in [-0.25, -0.2) is 0 Å². The van der Waals surface area contributed by atoms with Crippen LogP contribution in [0.15, 0.2) is 119 Å². The van der Waals surface area contributed by atoms with Crippen LogP contribution in [-0.4, -0.2) is 0 Å². The second-order valence-electron chi connectivity index (χ2n) is 6.02. The third-order valence-electron chi connectivity index (χ3n) is 3.91. The quantitative estimate of drug-likeness (QED) is 0.328. The van der Waals surface area contributed by atoms with E-state index in [9.17, 15) is 0 Å². The van der Waals surface area contributed by atoms with Gasteiger partial charge in [-0.3, -0.25) is 0 Å². The van der Waals surface area contributed by atoms with Gasteiger partial charge in [0.05, 0.1) is 11.4 Å². The van der Waals surface area contributed by atoms with Gasteiger partial charge in [-0.15, -0.1) is 0 Å². The van der Waals surface area contributed by atoms with Gasteiger partial charge in [0.25, 0.3) is 0 Å². The summed E-state index contributed by atoms with van der Waals surface area (Å²) >= 11 is 0. The molecule has 4 heteroatoms. The van der Waals surface area contributed by atoms with E-state index < -0.39 is 0 Å². The van der Waals surface area contributed by atoms with Crippen molar-refractivity contribution < 1.29 is 9.47 Å². The third kappa shape index (κ3) is 4.83. The van der Waals surface area contributed by atoms with Crippen LogP contribution in [0.25, 0.3) is 0 Å². The van der Waals surface area contributed by atoms with Crippen molar-refractivity contribution in [2.75, 3.05) is 0 Å². The summed E-state index contributed by atoms with van der Waals surface area (Å²) in [5.41, 5.74) is 1.51. The second-order valence-corrected chi connectivity index (χ2v) is 6.02. The fourth-order valence-corrected chi connectivity index (χ4v) is 2.53. The first-order valence-corrected chi connectivity index (χ1v) is 8.93. The van der Waals surface area contributed by atoms with Crippen LogP contribution in [0.5, 0.6) is 23.0 Å². The number of azo groups is 1. The molecule has 0 heterocycles. The van der Waals surface area contributed by atoms with E-state index in [1.807, 2.05) is 109 Å². The molecule has 4 nitrogen and oxygen atoms in total. The van der Waals surface area contributed by atoms with Crippen LogP contribution >= 0.6 is 0 Å². The lowest BCUT2D eigenvalue weighted by Crippen LogP contribution is -1.82. The lowest BCUT2D eigenvalue weighted by atomic mass is 10.3. The maximum absolute atomic E-state index is 5.77. The minimum Gasteiger partial charge on any atom is -0.457 e. The van der Waals surface area contributed by atoms with Gasteiger partial charge in [0.1, 0.15) is 23.0 Å². The summed E-state index contributed by atoms with van der Waals surface area (Å²) in [4.78, 5) is 0. The molecule has 0 amide bonds. The molecular formula is C24H18N2O2. The van der Waals surface area contributed by atoms with Gasteiger partial charge in [0.15, 0.2) is 0 Å². The maximum Gasteiger partial charge on any atom is 0.127 e. The van der Waals surface area contributed by atoms with Crippen molar-refractivity contribution in [3.05, 3.63) is 109 Å². The van der Waals surface area contributed by atoms with Crippen molar-refractivity contribution in [3.8, 4) is 23.0 Å². The summed E-state index contributed by atoms with van der Waals surface area (Å²) in [6.07, 6.45) is 0. The Kier molecular flexibility index (Phi) is 5.40. The largest absolute Gasteiger partial charge is 0.457 e. The SMILES string of the molecule is c1ccc(Oc2ccc(/N=N/c3ccc(Oc4ccccc4)cc3)cc2)cc1. The molecule has 0 N–H and O–H groups in total. The molecule has 0 atom stereocenters. The summed E-state index contributed by atoms with van der Waals surface area (Å²) in [7, 11) is 0. The van der Waals surface area contributed by atoms with Crippen LogP contribution < -0.4 is 9.47 Å². The van der Waals surface area contributed by atoms with Gasteiger partial charge in [-0.2, -0.15) is 10.2 Å². The Hall–Kier alpha value is -3.92. The predicted molar refractivity (Wildman–Crippen MR) is 110 cm³/mol. The summed E-state index contributed by atoms with van der Waals surface area (Å²) in [6.45, 7) is 0.